The molecule has 2 aliphatic rings. The fourth-order valence-electron chi connectivity index (χ4n) is 4.20. The molecule has 0 spiro atoms. The third-order valence-corrected chi connectivity index (χ3v) is 6.05. The van der Waals surface area contributed by atoms with Gasteiger partial charge in [0.25, 0.3) is 5.91 Å². The number of fused-ring (bicyclic) bond motifs is 1. The minimum atomic E-state index is -0.354. The van der Waals surface area contributed by atoms with Crippen LogP contribution >= 0.6 is 0 Å². The van der Waals surface area contributed by atoms with Crippen molar-refractivity contribution in [1.82, 2.24) is 10.7 Å². The minimum Gasteiger partial charge on any atom is -0.375 e. The summed E-state index contributed by atoms with van der Waals surface area (Å²) in [6.07, 6.45) is 5.85. The summed E-state index contributed by atoms with van der Waals surface area (Å²) < 4.78 is 0. The predicted molar refractivity (Wildman–Crippen MR) is 124 cm³/mol. The normalized spacial score (nSPS) is 19.8. The molecule has 4 rings (SSSR count). The average molecular weight is 433 g/mol. The second kappa shape index (κ2) is 9.68. The molecule has 1 fully saturated rings. The summed E-state index contributed by atoms with van der Waals surface area (Å²) >= 11 is 0. The summed E-state index contributed by atoms with van der Waals surface area (Å²) in [6, 6.07) is 16.9. The summed E-state index contributed by atoms with van der Waals surface area (Å²) in [5.74, 6) is -1.17. The number of anilines is 2. The van der Waals surface area contributed by atoms with E-state index >= 15 is 0 Å². The van der Waals surface area contributed by atoms with Crippen LogP contribution < -0.4 is 20.7 Å². The standard InChI is InChI=1S/C25H28N4O3/c1-28(19-10-3-2-4-11-19)16-8-15-26-23(30)18-9-7-12-20(17-18)29-25(32)22-14-6-5-13-21(22)24(31)27-29/h2-7,9-12,17,21-22H,8,13-16H2,1H3,(H,26,30)(H,27,31). The van der Waals surface area contributed by atoms with Crippen molar-refractivity contribution in [2.75, 3.05) is 30.0 Å². The first-order valence-corrected chi connectivity index (χ1v) is 11.0. The molecule has 3 amide bonds. The Balaban J connectivity index is 1.34. The van der Waals surface area contributed by atoms with Crippen LogP contribution in [0.5, 0.6) is 0 Å². The third kappa shape index (κ3) is 4.66. The van der Waals surface area contributed by atoms with Crippen molar-refractivity contribution >= 4 is 29.1 Å². The molecular weight excluding hydrogens is 404 g/mol. The van der Waals surface area contributed by atoms with Crippen LogP contribution in [0.25, 0.3) is 0 Å². The Morgan fingerprint density at radius 1 is 1.06 bits per heavy atom. The minimum absolute atomic E-state index is 0.138. The molecule has 2 aromatic carbocycles. The Bertz CT molecular complexity index is 1020. The van der Waals surface area contributed by atoms with E-state index in [0.717, 1.165) is 18.7 Å². The summed E-state index contributed by atoms with van der Waals surface area (Å²) in [4.78, 5) is 40.2. The van der Waals surface area contributed by atoms with Crippen LogP contribution in [-0.2, 0) is 9.59 Å². The van der Waals surface area contributed by atoms with E-state index in [2.05, 4.69) is 27.8 Å². The van der Waals surface area contributed by atoms with Crippen LogP contribution in [0.15, 0.2) is 66.7 Å². The number of hydrazine groups is 1. The van der Waals surface area contributed by atoms with Gasteiger partial charge in [-0.3, -0.25) is 19.8 Å². The van der Waals surface area contributed by atoms with Gasteiger partial charge in [-0.2, -0.15) is 0 Å². The van der Waals surface area contributed by atoms with Gasteiger partial charge in [-0.05, 0) is 49.6 Å². The van der Waals surface area contributed by atoms with E-state index in [-0.39, 0.29) is 29.6 Å². The van der Waals surface area contributed by atoms with E-state index in [1.165, 1.54) is 5.01 Å². The third-order valence-electron chi connectivity index (χ3n) is 6.05. The Kier molecular flexibility index (Phi) is 6.54. The average Bonchev–Trinajstić information content (AvgIpc) is 2.84. The van der Waals surface area contributed by atoms with E-state index in [4.69, 9.17) is 0 Å². The van der Waals surface area contributed by atoms with E-state index in [0.29, 0.717) is 30.6 Å². The molecule has 7 nitrogen and oxygen atoms in total. The van der Waals surface area contributed by atoms with Crippen molar-refractivity contribution in [1.29, 1.82) is 0 Å². The largest absolute Gasteiger partial charge is 0.375 e. The molecule has 2 atom stereocenters. The molecule has 0 aromatic heterocycles. The number of para-hydroxylation sites is 1. The van der Waals surface area contributed by atoms with Gasteiger partial charge in [0.2, 0.25) is 11.8 Å². The molecule has 0 bridgehead atoms. The molecule has 1 aliphatic carbocycles. The van der Waals surface area contributed by atoms with Gasteiger partial charge >= 0.3 is 0 Å². The number of amides is 3. The van der Waals surface area contributed by atoms with Gasteiger partial charge in [0.1, 0.15) is 0 Å². The molecule has 32 heavy (non-hydrogen) atoms. The van der Waals surface area contributed by atoms with Gasteiger partial charge in [-0.25, -0.2) is 5.01 Å². The number of nitrogens with zero attached hydrogens (tertiary/aromatic N) is 2. The van der Waals surface area contributed by atoms with Crippen LogP contribution in [0.2, 0.25) is 0 Å². The van der Waals surface area contributed by atoms with Crippen LogP contribution in [-0.4, -0.2) is 37.9 Å². The predicted octanol–water partition coefficient (Wildman–Crippen LogP) is 2.90. The molecule has 0 saturated carbocycles. The smallest absolute Gasteiger partial charge is 0.251 e. The van der Waals surface area contributed by atoms with Crippen LogP contribution in [0, 0.1) is 11.8 Å². The molecule has 0 radical (unpaired) electrons. The van der Waals surface area contributed by atoms with E-state index in [1.54, 1.807) is 24.3 Å². The Labute approximate surface area is 188 Å². The van der Waals surface area contributed by atoms with E-state index in [9.17, 15) is 14.4 Å². The SMILES string of the molecule is CN(CCCNC(=O)c1cccc(N2NC(=O)C3CC=CCC3C2=O)c1)c1ccccc1. The lowest BCUT2D eigenvalue weighted by Crippen LogP contribution is -2.59. The van der Waals surface area contributed by atoms with Crippen molar-refractivity contribution in [2.24, 2.45) is 11.8 Å². The number of nitrogens with one attached hydrogen (secondary N) is 2. The second-order valence-corrected chi connectivity index (χ2v) is 8.22. The number of hydrogen-bond acceptors (Lipinski definition) is 4. The lowest BCUT2D eigenvalue weighted by Gasteiger charge is -2.38. The summed E-state index contributed by atoms with van der Waals surface area (Å²) in [5, 5.41) is 4.22. The second-order valence-electron chi connectivity index (χ2n) is 8.22. The van der Waals surface area contributed by atoms with Crippen molar-refractivity contribution < 1.29 is 14.4 Å². The summed E-state index contributed by atoms with van der Waals surface area (Å²) in [6.45, 7) is 1.35. The van der Waals surface area contributed by atoms with E-state index in [1.807, 2.05) is 37.4 Å². The lowest BCUT2D eigenvalue weighted by molar-refractivity contribution is -0.139. The molecule has 166 valence electrons. The highest BCUT2D eigenvalue weighted by Crippen LogP contribution is 2.32. The topological polar surface area (TPSA) is 81.8 Å². The Hall–Kier alpha value is -3.61. The molecular formula is C25H28N4O3. The Morgan fingerprint density at radius 3 is 2.59 bits per heavy atom. The highest BCUT2D eigenvalue weighted by atomic mass is 16.2. The van der Waals surface area contributed by atoms with Gasteiger partial charge in [0.05, 0.1) is 17.5 Å². The molecule has 2 aromatic rings. The lowest BCUT2D eigenvalue weighted by atomic mass is 9.80. The zero-order chi connectivity index (χ0) is 22.5. The summed E-state index contributed by atoms with van der Waals surface area (Å²) in [5.41, 5.74) is 4.78. The number of allylic oxidation sites excluding steroid dienone is 2. The van der Waals surface area contributed by atoms with Gasteiger partial charge in [0.15, 0.2) is 0 Å². The van der Waals surface area contributed by atoms with Gasteiger partial charge in [-0.15, -0.1) is 0 Å². The van der Waals surface area contributed by atoms with Gasteiger partial charge < -0.3 is 10.2 Å². The quantitative estimate of drug-likeness (QED) is 0.521. The number of carbonyl (C=O) groups excluding carboxylic acids is 3. The molecule has 2 unspecified atom stereocenters. The summed E-state index contributed by atoms with van der Waals surface area (Å²) in [7, 11) is 2.03. The van der Waals surface area contributed by atoms with Crippen molar-refractivity contribution in [2.45, 2.75) is 19.3 Å². The monoisotopic (exact) mass is 432 g/mol. The zero-order valence-electron chi connectivity index (χ0n) is 18.2. The molecule has 1 heterocycles. The number of hydrogen-bond donors (Lipinski definition) is 2. The first-order valence-electron chi connectivity index (χ1n) is 11.0. The maximum Gasteiger partial charge on any atom is 0.251 e. The number of carbonyl (C=O) groups is 3. The fourth-order valence-corrected chi connectivity index (χ4v) is 4.20. The van der Waals surface area contributed by atoms with Crippen LogP contribution in [0.4, 0.5) is 11.4 Å². The molecule has 7 heteroatoms. The molecule has 1 saturated heterocycles. The maximum atomic E-state index is 13.0. The van der Waals surface area contributed by atoms with Crippen molar-refractivity contribution in [3.8, 4) is 0 Å². The highest BCUT2D eigenvalue weighted by molar-refractivity contribution is 6.05. The van der Waals surface area contributed by atoms with Crippen LogP contribution in [0.1, 0.15) is 29.6 Å². The van der Waals surface area contributed by atoms with Gasteiger partial charge in [-0.1, -0.05) is 36.4 Å². The van der Waals surface area contributed by atoms with Crippen molar-refractivity contribution in [3.63, 3.8) is 0 Å². The highest BCUT2D eigenvalue weighted by Gasteiger charge is 2.42. The van der Waals surface area contributed by atoms with Crippen LogP contribution in [0.3, 0.4) is 0 Å². The van der Waals surface area contributed by atoms with E-state index < -0.39 is 0 Å². The van der Waals surface area contributed by atoms with Gasteiger partial charge in [0, 0.05) is 31.4 Å². The first-order chi connectivity index (χ1) is 15.5. The molecule has 2 N–H and O–H groups in total. The first kappa shape index (κ1) is 21.6. The number of benzene rings is 2. The Morgan fingerprint density at radius 2 is 1.81 bits per heavy atom. The maximum absolute atomic E-state index is 13.0. The molecule has 1 aliphatic heterocycles. The number of rotatable bonds is 7. The fraction of sp³-hybridized carbons (Fsp3) is 0.320. The van der Waals surface area contributed by atoms with Crippen molar-refractivity contribution in [3.05, 3.63) is 72.3 Å². The zero-order valence-corrected chi connectivity index (χ0v) is 18.2.